The fraction of sp³-hybridized carbons (Fsp3) is 0.400. The number of aliphatic carboxylic acids is 1. The monoisotopic (exact) mass is 470 g/mol. The first kappa shape index (κ1) is 22.3. The van der Waals surface area contributed by atoms with Gasteiger partial charge in [0.25, 0.3) is 5.92 Å². The van der Waals surface area contributed by atoms with Crippen molar-refractivity contribution in [2.75, 3.05) is 13.2 Å². The summed E-state index contributed by atoms with van der Waals surface area (Å²) in [6.45, 7) is -0.318. The Morgan fingerprint density at radius 1 is 1.00 bits per heavy atom. The predicted molar refractivity (Wildman–Crippen MR) is 117 cm³/mol. The number of carbonyl (C=O) groups excluding carboxylic acids is 2. The largest absolute Gasteiger partial charge is 0.481 e. The Morgan fingerprint density at radius 3 is 2.18 bits per heavy atom. The van der Waals surface area contributed by atoms with Gasteiger partial charge in [0.1, 0.15) is 12.5 Å². The van der Waals surface area contributed by atoms with Gasteiger partial charge in [-0.05, 0) is 35.1 Å². The summed E-state index contributed by atoms with van der Waals surface area (Å²) in [5.41, 5.74) is 4.26. The highest BCUT2D eigenvalue weighted by Crippen LogP contribution is 2.55. The van der Waals surface area contributed by atoms with Crippen LogP contribution in [0.25, 0.3) is 11.1 Å². The van der Waals surface area contributed by atoms with Crippen LogP contribution in [0.1, 0.15) is 29.9 Å². The highest BCUT2D eigenvalue weighted by atomic mass is 19.3. The van der Waals surface area contributed by atoms with Gasteiger partial charge in [0.15, 0.2) is 0 Å². The second-order valence-electron chi connectivity index (χ2n) is 9.18. The molecule has 34 heavy (non-hydrogen) atoms. The van der Waals surface area contributed by atoms with Crippen molar-refractivity contribution in [3.05, 3.63) is 59.7 Å². The van der Waals surface area contributed by atoms with Gasteiger partial charge in [-0.25, -0.2) is 13.6 Å². The fourth-order valence-corrected chi connectivity index (χ4v) is 5.07. The van der Waals surface area contributed by atoms with Crippen molar-refractivity contribution in [2.24, 2.45) is 17.8 Å². The van der Waals surface area contributed by atoms with Crippen LogP contribution in [0.15, 0.2) is 48.5 Å². The molecule has 0 bridgehead atoms. The van der Waals surface area contributed by atoms with Crippen LogP contribution in [0.3, 0.4) is 0 Å². The van der Waals surface area contributed by atoms with E-state index in [0.29, 0.717) is 0 Å². The van der Waals surface area contributed by atoms with E-state index in [0.717, 1.165) is 22.3 Å². The van der Waals surface area contributed by atoms with Crippen LogP contribution >= 0.6 is 0 Å². The van der Waals surface area contributed by atoms with Crippen LogP contribution in [0.5, 0.6) is 0 Å². The highest BCUT2D eigenvalue weighted by Gasteiger charge is 2.71. The summed E-state index contributed by atoms with van der Waals surface area (Å²) in [6.07, 6.45) is -0.337. The average Bonchev–Trinajstić information content (AvgIpc) is 3.19. The maximum absolute atomic E-state index is 14.2. The van der Waals surface area contributed by atoms with Gasteiger partial charge in [0.05, 0.1) is 11.8 Å². The fourth-order valence-electron chi connectivity index (χ4n) is 5.07. The summed E-state index contributed by atoms with van der Waals surface area (Å²) in [5.74, 6) is -8.53. The normalized spacial score (nSPS) is 25.9. The molecule has 9 heteroatoms. The summed E-state index contributed by atoms with van der Waals surface area (Å²) in [7, 11) is 0. The van der Waals surface area contributed by atoms with E-state index in [1.807, 2.05) is 48.5 Å². The van der Waals surface area contributed by atoms with E-state index >= 15 is 0 Å². The molecule has 2 amide bonds. The van der Waals surface area contributed by atoms with Gasteiger partial charge < -0.3 is 20.5 Å². The van der Waals surface area contributed by atoms with E-state index in [4.69, 9.17) is 9.84 Å². The molecular formula is C25H24F2N2O5. The number of rotatable bonds is 7. The second kappa shape index (κ2) is 8.38. The lowest BCUT2D eigenvalue weighted by molar-refractivity contribution is -0.146. The van der Waals surface area contributed by atoms with Crippen molar-refractivity contribution in [3.63, 3.8) is 0 Å². The summed E-state index contributed by atoms with van der Waals surface area (Å²) >= 11 is 0. The molecule has 178 valence electrons. The smallest absolute Gasteiger partial charge is 0.407 e. The lowest BCUT2D eigenvalue weighted by Gasteiger charge is -2.32. The maximum atomic E-state index is 14.2. The molecule has 0 aromatic heterocycles. The first-order valence-corrected chi connectivity index (χ1v) is 11.3. The molecule has 0 aliphatic heterocycles. The Morgan fingerprint density at radius 2 is 1.59 bits per heavy atom. The van der Waals surface area contributed by atoms with Crippen LogP contribution in [0.4, 0.5) is 13.6 Å². The van der Waals surface area contributed by atoms with Crippen molar-refractivity contribution in [1.82, 2.24) is 10.6 Å². The molecule has 3 N–H and O–H groups in total. The van der Waals surface area contributed by atoms with Gasteiger partial charge in [0, 0.05) is 18.5 Å². The number of hydrogen-bond acceptors (Lipinski definition) is 4. The minimum atomic E-state index is -3.23. The maximum Gasteiger partial charge on any atom is 0.407 e. The standard InChI is InChI=1S/C25H24F2N2O5/c26-25(27)20(21(25)22(30)29-14-9-13(10-14)23(31)32)11-28-24(33)34-12-19-17-7-3-1-5-15(17)16-6-2-4-8-18(16)19/h1-8,13-14,19-21H,9-12H2,(H,28,33)(H,29,30)(H,31,32). The zero-order chi connectivity index (χ0) is 24.0. The summed E-state index contributed by atoms with van der Waals surface area (Å²) in [4.78, 5) is 35.3. The van der Waals surface area contributed by atoms with Gasteiger partial charge in [-0.15, -0.1) is 0 Å². The molecule has 2 saturated carbocycles. The summed E-state index contributed by atoms with van der Waals surface area (Å²) in [6, 6.07) is 15.3. The van der Waals surface area contributed by atoms with Crippen LogP contribution < -0.4 is 10.6 Å². The molecule has 3 aliphatic rings. The van der Waals surface area contributed by atoms with Gasteiger partial charge in [-0.1, -0.05) is 48.5 Å². The van der Waals surface area contributed by atoms with Crippen molar-refractivity contribution < 1.29 is 33.0 Å². The highest BCUT2D eigenvalue weighted by molar-refractivity contribution is 5.84. The minimum Gasteiger partial charge on any atom is -0.481 e. The Balaban J connectivity index is 1.12. The summed E-state index contributed by atoms with van der Waals surface area (Å²) in [5, 5.41) is 13.7. The molecule has 0 radical (unpaired) electrons. The van der Waals surface area contributed by atoms with Crippen LogP contribution in [0.2, 0.25) is 0 Å². The van der Waals surface area contributed by atoms with E-state index in [9.17, 15) is 23.2 Å². The quantitative estimate of drug-likeness (QED) is 0.576. The van der Waals surface area contributed by atoms with Crippen molar-refractivity contribution in [2.45, 2.75) is 30.7 Å². The molecule has 2 atom stereocenters. The van der Waals surface area contributed by atoms with Crippen molar-refractivity contribution in [1.29, 1.82) is 0 Å². The van der Waals surface area contributed by atoms with E-state index in [2.05, 4.69) is 10.6 Å². The number of carboxylic acid groups (broad SMARTS) is 1. The Kier molecular flexibility index (Phi) is 5.50. The van der Waals surface area contributed by atoms with Gasteiger partial charge in [-0.3, -0.25) is 9.59 Å². The Hall–Kier alpha value is -3.49. The zero-order valence-electron chi connectivity index (χ0n) is 18.2. The number of fused-ring (bicyclic) bond motifs is 3. The third-order valence-corrected chi connectivity index (χ3v) is 7.13. The molecule has 0 spiro atoms. The van der Waals surface area contributed by atoms with Gasteiger partial charge >= 0.3 is 12.1 Å². The Labute approximate surface area is 194 Å². The molecule has 0 saturated heterocycles. The number of halogens is 2. The van der Waals surface area contributed by atoms with Gasteiger partial charge in [0.2, 0.25) is 5.91 Å². The number of carbonyl (C=O) groups is 3. The first-order chi connectivity index (χ1) is 16.3. The number of carboxylic acids is 1. The molecule has 2 unspecified atom stereocenters. The second-order valence-corrected chi connectivity index (χ2v) is 9.18. The number of ether oxygens (including phenoxy) is 1. The molecule has 0 heterocycles. The van der Waals surface area contributed by atoms with Crippen LogP contribution in [-0.4, -0.2) is 48.2 Å². The topological polar surface area (TPSA) is 105 Å². The number of benzene rings is 2. The van der Waals surface area contributed by atoms with E-state index < -0.39 is 47.7 Å². The van der Waals surface area contributed by atoms with Crippen LogP contribution in [0, 0.1) is 17.8 Å². The van der Waals surface area contributed by atoms with Crippen molar-refractivity contribution in [3.8, 4) is 11.1 Å². The van der Waals surface area contributed by atoms with Crippen molar-refractivity contribution >= 4 is 18.0 Å². The lowest BCUT2D eigenvalue weighted by Crippen LogP contribution is -2.47. The number of hydrogen-bond donors (Lipinski definition) is 3. The van der Waals surface area contributed by atoms with E-state index in [1.54, 1.807) is 0 Å². The molecule has 3 aliphatic carbocycles. The molecular weight excluding hydrogens is 446 g/mol. The zero-order valence-corrected chi connectivity index (χ0v) is 18.2. The third-order valence-electron chi connectivity index (χ3n) is 7.13. The molecule has 5 rings (SSSR count). The number of nitrogens with one attached hydrogen (secondary N) is 2. The predicted octanol–water partition coefficient (Wildman–Crippen LogP) is 3.39. The van der Waals surface area contributed by atoms with Crippen LogP contribution in [-0.2, 0) is 14.3 Å². The first-order valence-electron chi connectivity index (χ1n) is 11.3. The number of alkyl carbamates (subject to hydrolysis) is 1. The van der Waals surface area contributed by atoms with Gasteiger partial charge in [-0.2, -0.15) is 0 Å². The Bertz CT molecular complexity index is 1100. The van der Waals surface area contributed by atoms with E-state index in [1.165, 1.54) is 0 Å². The SMILES string of the molecule is O=C(NCC1C(C(=O)NC2CC(C(=O)O)C2)C1(F)F)OCC1c2ccccc2-c2ccccc21. The summed E-state index contributed by atoms with van der Waals surface area (Å²) < 4.78 is 33.7. The number of amides is 2. The number of alkyl halides is 2. The third kappa shape index (κ3) is 3.89. The lowest BCUT2D eigenvalue weighted by atomic mass is 9.80. The molecule has 2 aromatic carbocycles. The average molecular weight is 470 g/mol. The van der Waals surface area contributed by atoms with E-state index in [-0.39, 0.29) is 31.9 Å². The molecule has 2 aromatic rings. The molecule has 7 nitrogen and oxygen atoms in total. The minimum absolute atomic E-state index is 0.0667. The molecule has 2 fully saturated rings.